The summed E-state index contributed by atoms with van der Waals surface area (Å²) in [6.45, 7) is 7.00. The first-order chi connectivity index (χ1) is 9.97. The topological polar surface area (TPSA) is 61.8 Å². The van der Waals surface area contributed by atoms with Gasteiger partial charge >= 0.3 is 5.97 Å². The van der Waals surface area contributed by atoms with Crippen LogP contribution in [0.5, 0.6) is 0 Å². The largest absolute Gasteiger partial charge is 0.480 e. The normalized spacial score (nSPS) is 34.5. The van der Waals surface area contributed by atoms with Gasteiger partial charge in [-0.1, -0.05) is 0 Å². The number of nitrogens with zero attached hydrogens (tertiary/aromatic N) is 1. The van der Waals surface area contributed by atoms with Gasteiger partial charge in [0.25, 0.3) is 0 Å². The Morgan fingerprint density at radius 3 is 2.86 bits per heavy atom. The summed E-state index contributed by atoms with van der Waals surface area (Å²) in [5.74, 6) is -0.0808. The van der Waals surface area contributed by atoms with Crippen LogP contribution in [0.1, 0.15) is 46.0 Å². The molecular formula is C16H30N2O3. The molecule has 0 aromatic rings. The summed E-state index contributed by atoms with van der Waals surface area (Å²) in [7, 11) is 1.76. The van der Waals surface area contributed by atoms with Crippen LogP contribution in [0.2, 0.25) is 0 Å². The van der Waals surface area contributed by atoms with E-state index in [1.54, 1.807) is 7.11 Å². The number of hydrogen-bond acceptors (Lipinski definition) is 4. The van der Waals surface area contributed by atoms with E-state index in [9.17, 15) is 9.90 Å². The van der Waals surface area contributed by atoms with E-state index >= 15 is 0 Å². The fraction of sp³-hybridized carbons (Fsp3) is 0.938. The number of likely N-dealkylation sites (tertiary alicyclic amines) is 1. The van der Waals surface area contributed by atoms with E-state index in [2.05, 4.69) is 10.2 Å². The third kappa shape index (κ3) is 3.96. The number of ether oxygens (including phenoxy) is 1. The van der Waals surface area contributed by atoms with Crippen LogP contribution in [0.4, 0.5) is 0 Å². The predicted molar refractivity (Wildman–Crippen MR) is 82.5 cm³/mol. The summed E-state index contributed by atoms with van der Waals surface area (Å²) in [5, 5.41) is 13.1. The Balaban J connectivity index is 2.00. The molecule has 2 rings (SSSR count). The van der Waals surface area contributed by atoms with Gasteiger partial charge in [-0.3, -0.25) is 15.0 Å². The Bertz CT molecular complexity index is 361. The minimum atomic E-state index is -0.740. The molecule has 2 N–H and O–H groups in total. The number of nitrogens with one attached hydrogen (secondary N) is 1. The summed E-state index contributed by atoms with van der Waals surface area (Å²) in [6, 6.07) is 0.586. The summed E-state index contributed by atoms with van der Waals surface area (Å²) in [5.41, 5.74) is -0.740. The van der Waals surface area contributed by atoms with E-state index in [0.717, 1.165) is 45.4 Å². The Morgan fingerprint density at radius 2 is 2.24 bits per heavy atom. The second kappa shape index (κ2) is 7.07. The quantitative estimate of drug-likeness (QED) is 0.782. The lowest BCUT2D eigenvalue weighted by atomic mass is 9.78. The van der Waals surface area contributed by atoms with Crippen molar-refractivity contribution in [2.45, 2.75) is 63.6 Å². The number of rotatable bonds is 6. The molecule has 3 atom stereocenters. The highest BCUT2D eigenvalue weighted by atomic mass is 16.5. The lowest BCUT2D eigenvalue weighted by Crippen LogP contribution is -2.59. The van der Waals surface area contributed by atoms with Gasteiger partial charge in [-0.05, 0) is 58.4 Å². The summed E-state index contributed by atoms with van der Waals surface area (Å²) < 4.78 is 5.26. The number of carboxylic acids is 1. The van der Waals surface area contributed by atoms with Crippen LogP contribution in [0.3, 0.4) is 0 Å². The summed E-state index contributed by atoms with van der Waals surface area (Å²) in [4.78, 5) is 14.3. The highest BCUT2D eigenvalue weighted by Crippen LogP contribution is 2.34. The van der Waals surface area contributed by atoms with Gasteiger partial charge in [0, 0.05) is 25.7 Å². The van der Waals surface area contributed by atoms with Crippen LogP contribution < -0.4 is 5.32 Å². The maximum atomic E-state index is 11.8. The van der Waals surface area contributed by atoms with Crippen LogP contribution in [0, 0.1) is 5.92 Å². The van der Waals surface area contributed by atoms with Gasteiger partial charge in [-0.25, -0.2) is 0 Å². The summed E-state index contributed by atoms with van der Waals surface area (Å²) >= 11 is 0. The molecule has 122 valence electrons. The molecule has 1 saturated heterocycles. The van der Waals surface area contributed by atoms with Crippen molar-refractivity contribution in [1.29, 1.82) is 0 Å². The minimum absolute atomic E-state index is 0.194. The second-order valence-corrected chi connectivity index (χ2v) is 7.04. The van der Waals surface area contributed by atoms with Crippen LogP contribution in [-0.2, 0) is 9.53 Å². The molecule has 3 unspecified atom stereocenters. The highest BCUT2D eigenvalue weighted by molar-refractivity contribution is 5.79. The third-order valence-corrected chi connectivity index (χ3v) is 4.94. The molecule has 21 heavy (non-hydrogen) atoms. The Morgan fingerprint density at radius 1 is 1.48 bits per heavy atom. The van der Waals surface area contributed by atoms with Gasteiger partial charge in [0.2, 0.25) is 0 Å². The van der Waals surface area contributed by atoms with Gasteiger partial charge in [0.05, 0.1) is 6.61 Å². The van der Waals surface area contributed by atoms with Crippen LogP contribution in [0.15, 0.2) is 0 Å². The zero-order valence-corrected chi connectivity index (χ0v) is 13.6. The third-order valence-electron chi connectivity index (χ3n) is 4.94. The van der Waals surface area contributed by atoms with Crippen molar-refractivity contribution < 1.29 is 14.6 Å². The average Bonchev–Trinajstić information content (AvgIpc) is 2.87. The van der Waals surface area contributed by atoms with Gasteiger partial charge < -0.3 is 9.84 Å². The van der Waals surface area contributed by atoms with E-state index in [1.807, 2.05) is 13.8 Å². The monoisotopic (exact) mass is 298 g/mol. The van der Waals surface area contributed by atoms with Crippen molar-refractivity contribution in [2.24, 2.45) is 5.92 Å². The van der Waals surface area contributed by atoms with E-state index < -0.39 is 11.5 Å². The van der Waals surface area contributed by atoms with Crippen molar-refractivity contribution in [3.05, 3.63) is 0 Å². The molecule has 2 aliphatic rings. The van der Waals surface area contributed by atoms with Gasteiger partial charge in [-0.15, -0.1) is 0 Å². The maximum absolute atomic E-state index is 11.8. The highest BCUT2D eigenvalue weighted by Gasteiger charge is 2.45. The van der Waals surface area contributed by atoms with Gasteiger partial charge in [0.15, 0.2) is 0 Å². The van der Waals surface area contributed by atoms with Crippen molar-refractivity contribution in [3.63, 3.8) is 0 Å². The zero-order valence-electron chi connectivity index (χ0n) is 13.6. The maximum Gasteiger partial charge on any atom is 0.323 e. The van der Waals surface area contributed by atoms with Crippen molar-refractivity contribution in [3.8, 4) is 0 Å². The van der Waals surface area contributed by atoms with Crippen molar-refractivity contribution >= 4 is 5.97 Å². The van der Waals surface area contributed by atoms with Crippen LogP contribution in [-0.4, -0.2) is 60.4 Å². The molecule has 1 heterocycles. The molecule has 0 amide bonds. The first-order valence-corrected chi connectivity index (χ1v) is 8.21. The van der Waals surface area contributed by atoms with Crippen LogP contribution in [0.25, 0.3) is 0 Å². The van der Waals surface area contributed by atoms with E-state index in [4.69, 9.17) is 4.74 Å². The standard InChI is InChI=1S/C16H30N2O3/c1-12(2)17-16(15(19)20)7-4-5-14(9-16)18-8-6-13(10-18)11-21-3/h12-14,17H,4-11H2,1-3H3,(H,19,20). The Kier molecular flexibility index (Phi) is 5.63. The molecule has 1 aliphatic carbocycles. The summed E-state index contributed by atoms with van der Waals surface area (Å²) in [6.07, 6.45) is 4.74. The number of carbonyl (C=O) groups is 1. The second-order valence-electron chi connectivity index (χ2n) is 7.04. The van der Waals surface area contributed by atoms with E-state index in [1.165, 1.54) is 6.42 Å². The molecule has 0 aromatic heterocycles. The number of aliphatic carboxylic acids is 1. The van der Waals surface area contributed by atoms with Gasteiger partial charge in [0.1, 0.15) is 5.54 Å². The molecule has 0 radical (unpaired) electrons. The van der Waals surface area contributed by atoms with Gasteiger partial charge in [-0.2, -0.15) is 0 Å². The first kappa shape index (κ1) is 16.7. The molecule has 0 spiro atoms. The molecule has 0 aromatic carbocycles. The van der Waals surface area contributed by atoms with E-state index in [0.29, 0.717) is 12.0 Å². The Hall–Kier alpha value is -0.650. The average molecular weight is 298 g/mol. The smallest absolute Gasteiger partial charge is 0.323 e. The number of methoxy groups -OCH3 is 1. The molecule has 1 saturated carbocycles. The molecule has 0 bridgehead atoms. The number of carboxylic acid groups (broad SMARTS) is 1. The van der Waals surface area contributed by atoms with Crippen molar-refractivity contribution in [2.75, 3.05) is 26.8 Å². The lowest BCUT2D eigenvalue weighted by molar-refractivity contribution is -0.147. The predicted octanol–water partition coefficient (Wildman–Crippen LogP) is 1.72. The molecule has 2 fully saturated rings. The Labute approximate surface area is 128 Å². The molecular weight excluding hydrogens is 268 g/mol. The molecule has 1 aliphatic heterocycles. The van der Waals surface area contributed by atoms with E-state index in [-0.39, 0.29) is 6.04 Å². The minimum Gasteiger partial charge on any atom is -0.480 e. The molecule has 5 nitrogen and oxygen atoms in total. The number of hydrogen-bond donors (Lipinski definition) is 2. The zero-order chi connectivity index (χ0) is 15.5. The SMILES string of the molecule is COCC1CCN(C2CCCC(NC(C)C)(C(=O)O)C2)C1. The molecule has 5 heteroatoms. The fourth-order valence-corrected chi connectivity index (χ4v) is 4.06. The van der Waals surface area contributed by atoms with Crippen LogP contribution >= 0.6 is 0 Å². The first-order valence-electron chi connectivity index (χ1n) is 8.21. The van der Waals surface area contributed by atoms with Crippen molar-refractivity contribution in [1.82, 2.24) is 10.2 Å². The lowest BCUT2D eigenvalue weighted by Gasteiger charge is -2.42. The fourth-order valence-electron chi connectivity index (χ4n) is 4.06.